The monoisotopic (exact) mass is 224 g/mol. The molecule has 1 aliphatic rings. The third-order valence-corrected chi connectivity index (χ3v) is 3.03. The largest absolute Gasteiger partial charge is 0.467 e. The second kappa shape index (κ2) is 4.70. The van der Waals surface area contributed by atoms with Crippen LogP contribution in [0, 0.1) is 0 Å². The minimum atomic E-state index is -0.730. The van der Waals surface area contributed by atoms with Crippen molar-refractivity contribution in [2.75, 3.05) is 14.2 Å². The maximum atomic E-state index is 11.5. The first-order valence-corrected chi connectivity index (χ1v) is 5.47. The highest BCUT2D eigenvalue weighted by Crippen LogP contribution is 2.31. The molecule has 88 valence electrons. The van der Waals surface area contributed by atoms with Gasteiger partial charge in [-0.1, -0.05) is 0 Å². The van der Waals surface area contributed by atoms with E-state index in [1.165, 1.54) is 26.2 Å². The summed E-state index contributed by atoms with van der Waals surface area (Å²) in [4.78, 5) is 11.5. The summed E-state index contributed by atoms with van der Waals surface area (Å²) in [6.07, 6.45) is 5.30. The summed E-state index contributed by atoms with van der Waals surface area (Å²) in [5, 5.41) is 0. The van der Waals surface area contributed by atoms with Gasteiger partial charge in [-0.3, -0.25) is 0 Å². The Hall–Kier alpha value is -1.29. The number of esters is 1. The fraction of sp³-hybridized carbons (Fsp3) is 0.583. The topological polar surface area (TPSA) is 48.7 Å². The molecular formula is C12H16O4. The number of carbonyl (C=O) groups excluding carboxylic acids is 1. The summed E-state index contributed by atoms with van der Waals surface area (Å²) in [7, 11) is 2.84. The molecule has 0 spiro atoms. The summed E-state index contributed by atoms with van der Waals surface area (Å²) in [5.74, 6) is 0.203. The van der Waals surface area contributed by atoms with Crippen LogP contribution in [0.25, 0.3) is 0 Å². The minimum Gasteiger partial charge on any atom is -0.467 e. The number of aryl methyl sites for hydroxylation is 1. The van der Waals surface area contributed by atoms with E-state index in [1.807, 2.05) is 0 Å². The van der Waals surface area contributed by atoms with E-state index in [4.69, 9.17) is 13.9 Å². The quantitative estimate of drug-likeness (QED) is 0.737. The molecule has 4 heteroatoms. The van der Waals surface area contributed by atoms with Crippen molar-refractivity contribution in [3.63, 3.8) is 0 Å². The summed E-state index contributed by atoms with van der Waals surface area (Å²) in [5.41, 5.74) is 2.33. The van der Waals surface area contributed by atoms with Crippen LogP contribution in [0.1, 0.15) is 35.8 Å². The Morgan fingerprint density at radius 2 is 2.12 bits per heavy atom. The van der Waals surface area contributed by atoms with Crippen molar-refractivity contribution in [2.24, 2.45) is 0 Å². The van der Waals surface area contributed by atoms with Crippen LogP contribution < -0.4 is 0 Å². The van der Waals surface area contributed by atoms with Crippen molar-refractivity contribution in [3.8, 4) is 0 Å². The van der Waals surface area contributed by atoms with Crippen LogP contribution in [-0.4, -0.2) is 20.2 Å². The van der Waals surface area contributed by atoms with E-state index >= 15 is 0 Å². The third kappa shape index (κ3) is 1.85. The number of rotatable bonds is 3. The number of ether oxygens (including phenoxy) is 2. The first-order valence-electron chi connectivity index (χ1n) is 5.47. The first kappa shape index (κ1) is 11.2. The smallest absolute Gasteiger partial charge is 0.342 e. The van der Waals surface area contributed by atoms with Crippen molar-refractivity contribution in [1.82, 2.24) is 0 Å². The molecule has 0 aromatic carbocycles. The first-order chi connectivity index (χ1) is 7.77. The van der Waals surface area contributed by atoms with Crippen LogP contribution in [-0.2, 0) is 27.1 Å². The van der Waals surface area contributed by atoms with Gasteiger partial charge in [-0.15, -0.1) is 0 Å². The highest BCUT2D eigenvalue weighted by molar-refractivity contribution is 5.76. The predicted octanol–water partition coefficient (Wildman–Crippen LogP) is 2.02. The minimum absolute atomic E-state index is 0.412. The molecule has 0 saturated carbocycles. The van der Waals surface area contributed by atoms with Crippen molar-refractivity contribution < 1.29 is 18.7 Å². The van der Waals surface area contributed by atoms with E-state index < -0.39 is 12.1 Å². The van der Waals surface area contributed by atoms with Gasteiger partial charge in [0.25, 0.3) is 0 Å². The van der Waals surface area contributed by atoms with E-state index in [-0.39, 0.29) is 0 Å². The van der Waals surface area contributed by atoms with Gasteiger partial charge in [-0.2, -0.15) is 0 Å². The average Bonchev–Trinajstić information content (AvgIpc) is 2.74. The molecular weight excluding hydrogens is 208 g/mol. The highest BCUT2D eigenvalue weighted by Gasteiger charge is 2.29. The maximum absolute atomic E-state index is 11.5. The molecule has 1 aliphatic carbocycles. The molecule has 1 aromatic heterocycles. The lowest BCUT2D eigenvalue weighted by Gasteiger charge is -2.15. The molecule has 2 rings (SSSR count). The normalized spacial score (nSPS) is 16.6. The molecule has 1 unspecified atom stereocenters. The highest BCUT2D eigenvalue weighted by atomic mass is 16.6. The Labute approximate surface area is 94.5 Å². The molecule has 0 saturated heterocycles. The zero-order chi connectivity index (χ0) is 11.5. The van der Waals surface area contributed by atoms with Gasteiger partial charge < -0.3 is 13.9 Å². The van der Waals surface area contributed by atoms with E-state index in [9.17, 15) is 4.79 Å². The fourth-order valence-corrected chi connectivity index (χ4v) is 2.18. The Morgan fingerprint density at radius 1 is 1.38 bits per heavy atom. The van der Waals surface area contributed by atoms with Crippen LogP contribution >= 0.6 is 0 Å². The van der Waals surface area contributed by atoms with Crippen molar-refractivity contribution >= 4 is 5.97 Å². The van der Waals surface area contributed by atoms with Gasteiger partial charge in [-0.25, -0.2) is 4.79 Å². The number of furan rings is 1. The number of hydrogen-bond donors (Lipinski definition) is 0. The molecule has 0 aliphatic heterocycles. The van der Waals surface area contributed by atoms with Crippen LogP contribution in [0.15, 0.2) is 10.7 Å². The van der Waals surface area contributed by atoms with Crippen molar-refractivity contribution in [1.29, 1.82) is 0 Å². The predicted molar refractivity (Wildman–Crippen MR) is 57.1 cm³/mol. The molecule has 0 fully saturated rings. The van der Waals surface area contributed by atoms with Gasteiger partial charge in [0.15, 0.2) is 0 Å². The van der Waals surface area contributed by atoms with Gasteiger partial charge in [0, 0.05) is 12.7 Å². The third-order valence-electron chi connectivity index (χ3n) is 3.03. The van der Waals surface area contributed by atoms with Crippen molar-refractivity contribution in [3.05, 3.63) is 23.2 Å². The molecule has 0 radical (unpaired) electrons. The maximum Gasteiger partial charge on any atom is 0.342 e. The van der Waals surface area contributed by atoms with E-state index in [1.54, 1.807) is 6.26 Å². The van der Waals surface area contributed by atoms with Crippen LogP contribution in [0.3, 0.4) is 0 Å². The molecule has 16 heavy (non-hydrogen) atoms. The van der Waals surface area contributed by atoms with Crippen LogP contribution in [0.5, 0.6) is 0 Å². The van der Waals surface area contributed by atoms with Gasteiger partial charge in [-0.05, 0) is 31.2 Å². The van der Waals surface area contributed by atoms with Gasteiger partial charge in [0.1, 0.15) is 5.76 Å². The molecule has 4 nitrogen and oxygen atoms in total. The fourth-order valence-electron chi connectivity index (χ4n) is 2.18. The molecule has 0 amide bonds. The lowest BCUT2D eigenvalue weighted by Crippen LogP contribution is -2.17. The Balaban J connectivity index is 2.31. The summed E-state index contributed by atoms with van der Waals surface area (Å²) >= 11 is 0. The summed E-state index contributed by atoms with van der Waals surface area (Å²) in [6.45, 7) is 0. The molecule has 1 aromatic rings. The number of methoxy groups -OCH3 is 2. The second-order valence-corrected chi connectivity index (χ2v) is 3.95. The van der Waals surface area contributed by atoms with Gasteiger partial charge in [0.05, 0.1) is 13.4 Å². The van der Waals surface area contributed by atoms with Gasteiger partial charge in [0.2, 0.25) is 6.10 Å². The molecule has 0 N–H and O–H groups in total. The summed E-state index contributed by atoms with van der Waals surface area (Å²) in [6, 6.07) is 0. The molecule has 0 bridgehead atoms. The number of carbonyl (C=O) groups is 1. The Morgan fingerprint density at radius 3 is 2.81 bits per heavy atom. The lowest BCUT2D eigenvalue weighted by molar-refractivity contribution is -0.153. The zero-order valence-electron chi connectivity index (χ0n) is 9.62. The van der Waals surface area contributed by atoms with Crippen LogP contribution in [0.2, 0.25) is 0 Å². The van der Waals surface area contributed by atoms with E-state index in [0.29, 0.717) is 5.76 Å². The van der Waals surface area contributed by atoms with Gasteiger partial charge >= 0.3 is 5.97 Å². The molecule has 1 heterocycles. The Bertz CT molecular complexity index is 380. The standard InChI is InChI=1S/C12H16O4/c1-14-11(12(13)15-2)10-9-6-4-3-5-8(9)7-16-10/h7,11H,3-6H2,1-2H3. The van der Waals surface area contributed by atoms with E-state index in [2.05, 4.69) is 0 Å². The molecule has 1 atom stereocenters. The van der Waals surface area contributed by atoms with E-state index in [0.717, 1.165) is 24.8 Å². The van der Waals surface area contributed by atoms with Crippen LogP contribution in [0.4, 0.5) is 0 Å². The lowest BCUT2D eigenvalue weighted by atomic mass is 9.92. The Kier molecular flexibility index (Phi) is 3.29. The summed E-state index contributed by atoms with van der Waals surface area (Å²) < 4.78 is 15.3. The average molecular weight is 224 g/mol. The van der Waals surface area contributed by atoms with Crippen molar-refractivity contribution in [2.45, 2.75) is 31.8 Å². The SMILES string of the molecule is COC(=O)C(OC)c1occ2c1CCCC2. The number of fused-ring (bicyclic) bond motifs is 1. The second-order valence-electron chi connectivity index (χ2n) is 3.95. The number of hydrogen-bond acceptors (Lipinski definition) is 4. The zero-order valence-corrected chi connectivity index (χ0v) is 9.62.